The van der Waals surface area contributed by atoms with Crippen LogP contribution in [0.3, 0.4) is 0 Å². The number of likely N-dealkylation sites (tertiary alicyclic amines) is 1. The van der Waals surface area contributed by atoms with Crippen LogP contribution in [-0.4, -0.2) is 46.9 Å². The van der Waals surface area contributed by atoms with Gasteiger partial charge in [-0.1, -0.05) is 0 Å². The number of aromatic nitrogens is 6. The van der Waals surface area contributed by atoms with Crippen LogP contribution in [0, 0.1) is 11.3 Å². The Kier molecular flexibility index (Phi) is 4.77. The predicted octanol–water partition coefficient (Wildman–Crippen LogP) is 1.65. The van der Waals surface area contributed by atoms with Crippen molar-refractivity contribution >= 4 is 0 Å². The molecule has 27 heavy (non-hydrogen) atoms. The molecule has 0 bridgehead atoms. The molecule has 1 saturated heterocycles. The van der Waals surface area contributed by atoms with Crippen LogP contribution in [0.2, 0.25) is 0 Å². The van der Waals surface area contributed by atoms with Gasteiger partial charge in [0.15, 0.2) is 5.82 Å². The SMILES string of the molecule is Cn1cc(CN2CCC(c3nnc(Cn4ccnc4)n3C)CC2)cc1C#N. The maximum Gasteiger partial charge on any atom is 0.152 e. The van der Waals surface area contributed by atoms with E-state index in [9.17, 15) is 0 Å². The van der Waals surface area contributed by atoms with Crippen LogP contribution in [0.25, 0.3) is 0 Å². The third-order valence-electron chi connectivity index (χ3n) is 5.42. The molecule has 8 nitrogen and oxygen atoms in total. The zero-order valence-electron chi connectivity index (χ0n) is 15.8. The van der Waals surface area contributed by atoms with Gasteiger partial charge in [0, 0.05) is 45.1 Å². The fourth-order valence-electron chi connectivity index (χ4n) is 3.85. The third kappa shape index (κ3) is 3.64. The number of imidazole rings is 1. The Morgan fingerprint density at radius 1 is 1.19 bits per heavy atom. The van der Waals surface area contributed by atoms with Crippen LogP contribution in [0.4, 0.5) is 0 Å². The van der Waals surface area contributed by atoms with Crippen LogP contribution < -0.4 is 0 Å². The average Bonchev–Trinajstić information content (AvgIpc) is 3.39. The van der Waals surface area contributed by atoms with Gasteiger partial charge in [-0.2, -0.15) is 5.26 Å². The Labute approximate surface area is 158 Å². The minimum absolute atomic E-state index is 0.445. The van der Waals surface area contributed by atoms with Crippen molar-refractivity contribution in [2.75, 3.05) is 13.1 Å². The second-order valence-electron chi connectivity index (χ2n) is 7.28. The van der Waals surface area contributed by atoms with Crippen molar-refractivity contribution in [3.63, 3.8) is 0 Å². The van der Waals surface area contributed by atoms with Crippen LogP contribution in [-0.2, 0) is 27.2 Å². The molecule has 0 amide bonds. The Balaban J connectivity index is 1.36. The van der Waals surface area contributed by atoms with Crippen molar-refractivity contribution in [3.8, 4) is 6.07 Å². The Hall–Kier alpha value is -2.92. The molecule has 0 aromatic carbocycles. The molecule has 8 heteroatoms. The number of hydrogen-bond donors (Lipinski definition) is 0. The van der Waals surface area contributed by atoms with Crippen LogP contribution in [0.1, 0.15) is 41.7 Å². The summed E-state index contributed by atoms with van der Waals surface area (Å²) < 4.78 is 6.03. The van der Waals surface area contributed by atoms with Crippen molar-refractivity contribution < 1.29 is 0 Å². The molecule has 1 fully saturated rings. The van der Waals surface area contributed by atoms with Crippen molar-refractivity contribution in [2.45, 2.75) is 31.8 Å². The standard InChI is InChI=1S/C19H24N8/c1-24-11-15(9-17(24)10-20)12-26-6-3-16(4-7-26)19-23-22-18(25(19)2)13-27-8-5-21-14-27/h5,8-9,11,14,16H,3-4,6-7,12-13H2,1-2H3. The van der Waals surface area contributed by atoms with E-state index < -0.39 is 0 Å². The quantitative estimate of drug-likeness (QED) is 0.688. The molecule has 3 aromatic rings. The minimum atomic E-state index is 0.445. The van der Waals surface area contributed by atoms with Crippen LogP contribution in [0.15, 0.2) is 31.0 Å². The number of nitriles is 1. The molecule has 1 aliphatic rings. The van der Waals surface area contributed by atoms with Gasteiger partial charge in [0.1, 0.15) is 17.6 Å². The zero-order chi connectivity index (χ0) is 18.8. The van der Waals surface area contributed by atoms with Gasteiger partial charge >= 0.3 is 0 Å². The Morgan fingerprint density at radius 2 is 2.00 bits per heavy atom. The lowest BCUT2D eigenvalue weighted by molar-refractivity contribution is 0.200. The van der Waals surface area contributed by atoms with E-state index in [-0.39, 0.29) is 0 Å². The highest BCUT2D eigenvalue weighted by Gasteiger charge is 2.25. The highest BCUT2D eigenvalue weighted by atomic mass is 15.3. The first-order chi connectivity index (χ1) is 13.1. The first-order valence-electron chi connectivity index (χ1n) is 9.25. The minimum Gasteiger partial charge on any atom is -0.342 e. The zero-order valence-corrected chi connectivity index (χ0v) is 15.8. The van der Waals surface area contributed by atoms with Crippen LogP contribution in [0.5, 0.6) is 0 Å². The molecule has 0 aliphatic carbocycles. The molecular formula is C19H24N8. The lowest BCUT2D eigenvalue weighted by atomic mass is 9.95. The summed E-state index contributed by atoms with van der Waals surface area (Å²) in [6, 6.07) is 4.21. The van der Waals surface area contributed by atoms with E-state index in [0.29, 0.717) is 18.2 Å². The summed E-state index contributed by atoms with van der Waals surface area (Å²) in [5.74, 6) is 2.48. The molecule has 3 aromatic heterocycles. The first-order valence-corrected chi connectivity index (χ1v) is 9.25. The molecule has 0 N–H and O–H groups in total. The number of nitrogens with zero attached hydrogens (tertiary/aromatic N) is 8. The fourth-order valence-corrected chi connectivity index (χ4v) is 3.85. The summed E-state index contributed by atoms with van der Waals surface area (Å²) in [7, 11) is 3.98. The van der Waals surface area contributed by atoms with Crippen LogP contribution >= 0.6 is 0 Å². The summed E-state index contributed by atoms with van der Waals surface area (Å²) >= 11 is 0. The molecule has 0 radical (unpaired) electrons. The largest absolute Gasteiger partial charge is 0.342 e. The summed E-state index contributed by atoms with van der Waals surface area (Å²) in [4.78, 5) is 6.53. The van der Waals surface area contributed by atoms with Gasteiger partial charge in [0.2, 0.25) is 0 Å². The van der Waals surface area contributed by atoms with Gasteiger partial charge in [-0.25, -0.2) is 4.98 Å². The van der Waals surface area contributed by atoms with Gasteiger partial charge in [-0.05, 0) is 37.6 Å². The number of rotatable bonds is 5. The number of piperidine rings is 1. The monoisotopic (exact) mass is 364 g/mol. The highest BCUT2D eigenvalue weighted by molar-refractivity contribution is 5.28. The molecule has 4 heterocycles. The van der Waals surface area contributed by atoms with Crippen molar-refractivity contribution in [2.24, 2.45) is 14.1 Å². The molecule has 1 aliphatic heterocycles. The van der Waals surface area contributed by atoms with E-state index >= 15 is 0 Å². The fraction of sp³-hybridized carbons (Fsp3) is 0.474. The Bertz CT molecular complexity index is 935. The lowest BCUT2D eigenvalue weighted by Crippen LogP contribution is -2.33. The van der Waals surface area contributed by atoms with Crippen molar-refractivity contribution in [1.29, 1.82) is 5.26 Å². The first kappa shape index (κ1) is 17.5. The molecule has 4 rings (SSSR count). The van der Waals surface area contributed by atoms with E-state index in [1.807, 2.05) is 28.4 Å². The maximum atomic E-state index is 9.10. The topological polar surface area (TPSA) is 80.5 Å². The average molecular weight is 364 g/mol. The molecule has 0 spiro atoms. The van der Waals surface area contributed by atoms with E-state index in [1.165, 1.54) is 5.56 Å². The predicted molar refractivity (Wildman–Crippen MR) is 99.7 cm³/mol. The van der Waals surface area contributed by atoms with Gasteiger partial charge in [0.25, 0.3) is 0 Å². The van der Waals surface area contributed by atoms with Crippen molar-refractivity contribution in [1.82, 2.24) is 33.8 Å². The highest BCUT2D eigenvalue weighted by Crippen LogP contribution is 2.27. The molecular weight excluding hydrogens is 340 g/mol. The summed E-state index contributed by atoms with van der Waals surface area (Å²) in [5.41, 5.74) is 1.91. The molecule has 0 atom stereocenters. The molecule has 0 unspecified atom stereocenters. The van der Waals surface area contributed by atoms with Gasteiger partial charge in [-0.3, -0.25) is 4.90 Å². The molecule has 140 valence electrons. The third-order valence-corrected chi connectivity index (χ3v) is 5.42. The van der Waals surface area contributed by atoms with E-state index in [1.54, 1.807) is 12.5 Å². The maximum absolute atomic E-state index is 9.10. The smallest absolute Gasteiger partial charge is 0.152 e. The van der Waals surface area contributed by atoms with E-state index in [0.717, 1.165) is 44.1 Å². The second kappa shape index (κ2) is 7.37. The van der Waals surface area contributed by atoms with Crippen molar-refractivity contribution in [3.05, 3.63) is 53.9 Å². The van der Waals surface area contributed by atoms with E-state index in [2.05, 4.69) is 44.0 Å². The summed E-state index contributed by atoms with van der Waals surface area (Å²) in [6.07, 6.45) is 9.72. The van der Waals surface area contributed by atoms with Gasteiger partial charge in [0.05, 0.1) is 12.9 Å². The normalized spacial score (nSPS) is 15.9. The summed E-state index contributed by atoms with van der Waals surface area (Å²) in [6.45, 7) is 3.65. The van der Waals surface area contributed by atoms with Gasteiger partial charge < -0.3 is 13.7 Å². The van der Waals surface area contributed by atoms with E-state index in [4.69, 9.17) is 5.26 Å². The lowest BCUT2D eigenvalue weighted by Gasteiger charge is -2.31. The second-order valence-corrected chi connectivity index (χ2v) is 7.28. The molecule has 0 saturated carbocycles. The summed E-state index contributed by atoms with van der Waals surface area (Å²) in [5, 5.41) is 18.0. The number of hydrogen-bond acceptors (Lipinski definition) is 5. The van der Waals surface area contributed by atoms with Gasteiger partial charge in [-0.15, -0.1) is 10.2 Å². The number of aryl methyl sites for hydroxylation is 1. The Morgan fingerprint density at radius 3 is 2.67 bits per heavy atom.